The second-order valence-corrected chi connectivity index (χ2v) is 18.3. The maximum absolute atomic E-state index is 6.42. The number of fused-ring (bicyclic) bond motifs is 16. The molecule has 0 atom stereocenters. The Kier molecular flexibility index (Phi) is 5.75. The summed E-state index contributed by atoms with van der Waals surface area (Å²) in [5.41, 5.74) is 6.69. The Morgan fingerprint density at radius 3 is 1.34 bits per heavy atom. The summed E-state index contributed by atoms with van der Waals surface area (Å²) in [7, 11) is 0. The topological polar surface area (TPSA) is 13.1 Å². The normalized spacial score (nSPS) is 12.5. The third-order valence-corrected chi connectivity index (χ3v) is 15.6. The van der Waals surface area contributed by atoms with Gasteiger partial charge in [0.1, 0.15) is 11.2 Å². The van der Waals surface area contributed by atoms with Gasteiger partial charge in [0, 0.05) is 91.5 Å². The molecule has 53 heavy (non-hydrogen) atoms. The van der Waals surface area contributed by atoms with Crippen molar-refractivity contribution >= 4 is 148 Å². The first-order valence-electron chi connectivity index (χ1n) is 17.7. The van der Waals surface area contributed by atoms with E-state index in [1.165, 1.54) is 103 Å². The van der Waals surface area contributed by atoms with E-state index in [0.29, 0.717) is 0 Å². The first-order chi connectivity index (χ1) is 26.2. The summed E-state index contributed by atoms with van der Waals surface area (Å²) in [6, 6.07) is 54.3. The summed E-state index contributed by atoms with van der Waals surface area (Å²) in [5.74, 6) is 0. The van der Waals surface area contributed by atoms with E-state index >= 15 is 0 Å². The molecule has 0 N–H and O–H groups in total. The van der Waals surface area contributed by atoms with Crippen LogP contribution in [0.2, 0.25) is 0 Å². The SMILES string of the molecule is c1ccc2c(c1)sc1cc3sc4ccc(-c5ccc6oc7ccc(-c8ccc9sc%10ccc%11sc%12ccccc%12c%11c%10c9c8)cc7c6c5)cc4c3cc12. The summed E-state index contributed by atoms with van der Waals surface area (Å²) in [6.07, 6.45) is 0. The van der Waals surface area contributed by atoms with E-state index in [9.17, 15) is 0 Å². The molecule has 0 amide bonds. The van der Waals surface area contributed by atoms with Crippen LogP contribution in [0.1, 0.15) is 0 Å². The summed E-state index contributed by atoms with van der Waals surface area (Å²) < 4.78 is 17.2. The first kappa shape index (κ1) is 29.0. The van der Waals surface area contributed by atoms with Crippen LogP contribution in [-0.2, 0) is 0 Å². The van der Waals surface area contributed by atoms with Crippen molar-refractivity contribution in [1.29, 1.82) is 0 Å². The van der Waals surface area contributed by atoms with Crippen LogP contribution in [0.3, 0.4) is 0 Å². The molecule has 0 bridgehead atoms. The van der Waals surface area contributed by atoms with E-state index in [4.69, 9.17) is 4.42 Å². The van der Waals surface area contributed by atoms with Crippen molar-refractivity contribution in [3.63, 3.8) is 0 Å². The van der Waals surface area contributed by atoms with Gasteiger partial charge >= 0.3 is 0 Å². The standard InChI is InChI=1S/C48H24OS4/c1-3-7-39-29(5-1)34-23-35-33-21-27(11-15-41(33)53-46(35)24-45(34)52-39)25-9-13-37-31(19-25)32-20-26(10-14-38(32)49-37)28-12-16-42-36(22-28)48-44(51-42)18-17-43-47(48)30-6-2-4-8-40(30)50-43/h1-24H. The Balaban J connectivity index is 0.955. The highest BCUT2D eigenvalue weighted by molar-refractivity contribution is 7.28. The molecule has 8 aromatic carbocycles. The van der Waals surface area contributed by atoms with Crippen LogP contribution < -0.4 is 0 Å². The van der Waals surface area contributed by atoms with E-state index in [-0.39, 0.29) is 0 Å². The quantitative estimate of drug-likeness (QED) is 0.172. The number of benzene rings is 8. The molecule has 246 valence electrons. The van der Waals surface area contributed by atoms with Gasteiger partial charge in [0.05, 0.1) is 0 Å². The number of furan rings is 1. The monoisotopic (exact) mass is 744 g/mol. The fraction of sp³-hybridized carbons (Fsp3) is 0. The highest BCUT2D eigenvalue weighted by Crippen LogP contribution is 2.46. The van der Waals surface area contributed by atoms with Crippen LogP contribution in [0.4, 0.5) is 0 Å². The Bertz CT molecular complexity index is 3700. The minimum Gasteiger partial charge on any atom is -0.456 e. The lowest BCUT2D eigenvalue weighted by atomic mass is 9.98. The number of thiophene rings is 4. The first-order valence-corrected chi connectivity index (χ1v) is 21.0. The van der Waals surface area contributed by atoms with Gasteiger partial charge < -0.3 is 4.42 Å². The Morgan fingerprint density at radius 1 is 0.264 bits per heavy atom. The summed E-state index contributed by atoms with van der Waals surface area (Å²) in [5, 5.41) is 13.1. The molecular weight excluding hydrogens is 721 g/mol. The molecule has 0 spiro atoms. The van der Waals surface area contributed by atoms with Crippen LogP contribution in [-0.4, -0.2) is 0 Å². The van der Waals surface area contributed by atoms with Gasteiger partial charge in [-0.3, -0.25) is 0 Å². The predicted molar refractivity (Wildman–Crippen MR) is 236 cm³/mol. The van der Waals surface area contributed by atoms with E-state index in [2.05, 4.69) is 146 Å². The zero-order valence-corrected chi connectivity index (χ0v) is 31.2. The van der Waals surface area contributed by atoms with Crippen LogP contribution in [0.5, 0.6) is 0 Å². The van der Waals surface area contributed by atoms with Gasteiger partial charge in [-0.25, -0.2) is 0 Å². The summed E-state index contributed by atoms with van der Waals surface area (Å²) in [4.78, 5) is 0. The molecule has 1 nitrogen and oxygen atoms in total. The summed E-state index contributed by atoms with van der Waals surface area (Å²) in [6.45, 7) is 0. The molecule has 5 heteroatoms. The molecule has 5 heterocycles. The zero-order chi connectivity index (χ0) is 34.4. The van der Waals surface area contributed by atoms with Crippen molar-refractivity contribution in [2.75, 3.05) is 0 Å². The zero-order valence-electron chi connectivity index (χ0n) is 27.9. The maximum Gasteiger partial charge on any atom is 0.135 e. The van der Waals surface area contributed by atoms with Crippen LogP contribution in [0.25, 0.3) is 125 Å². The Morgan fingerprint density at radius 2 is 0.679 bits per heavy atom. The van der Waals surface area contributed by atoms with E-state index in [0.717, 1.165) is 21.9 Å². The second-order valence-electron chi connectivity index (χ2n) is 14.0. The molecule has 0 unspecified atom stereocenters. The van der Waals surface area contributed by atoms with Gasteiger partial charge in [-0.2, -0.15) is 0 Å². The van der Waals surface area contributed by atoms with Crippen molar-refractivity contribution in [1.82, 2.24) is 0 Å². The molecule has 13 rings (SSSR count). The minimum absolute atomic E-state index is 0.917. The molecule has 0 radical (unpaired) electrons. The van der Waals surface area contributed by atoms with Gasteiger partial charge in [0.15, 0.2) is 0 Å². The van der Waals surface area contributed by atoms with Crippen LogP contribution >= 0.6 is 45.3 Å². The van der Waals surface area contributed by atoms with E-state index < -0.39 is 0 Å². The van der Waals surface area contributed by atoms with Crippen molar-refractivity contribution in [3.05, 3.63) is 146 Å². The number of hydrogen-bond acceptors (Lipinski definition) is 5. The predicted octanol–water partition coefficient (Wildman–Crippen LogP) is 16.4. The highest BCUT2D eigenvalue weighted by Gasteiger charge is 2.17. The average Bonchev–Trinajstić information content (AvgIpc) is 4.01. The number of hydrogen-bond donors (Lipinski definition) is 0. The van der Waals surface area contributed by atoms with E-state index in [1.54, 1.807) is 0 Å². The van der Waals surface area contributed by atoms with Crippen LogP contribution in [0.15, 0.2) is 150 Å². The van der Waals surface area contributed by atoms with Crippen LogP contribution in [0, 0.1) is 0 Å². The summed E-state index contributed by atoms with van der Waals surface area (Å²) >= 11 is 7.56. The molecule has 0 fully saturated rings. The van der Waals surface area contributed by atoms with Gasteiger partial charge in [-0.15, -0.1) is 45.3 Å². The molecule has 5 aromatic heterocycles. The van der Waals surface area contributed by atoms with Gasteiger partial charge in [-0.1, -0.05) is 60.7 Å². The smallest absolute Gasteiger partial charge is 0.135 e. The van der Waals surface area contributed by atoms with Gasteiger partial charge in [0.2, 0.25) is 0 Å². The maximum atomic E-state index is 6.42. The molecule has 0 saturated heterocycles. The van der Waals surface area contributed by atoms with Crippen molar-refractivity contribution in [3.8, 4) is 22.3 Å². The molecule has 0 aliphatic heterocycles. The number of rotatable bonds is 2. The Hall–Kier alpha value is -5.56. The molecule has 0 saturated carbocycles. The molecular formula is C48H24OS4. The van der Waals surface area contributed by atoms with Crippen molar-refractivity contribution in [2.45, 2.75) is 0 Å². The van der Waals surface area contributed by atoms with Crippen molar-refractivity contribution < 1.29 is 4.42 Å². The highest BCUT2D eigenvalue weighted by atomic mass is 32.1. The molecule has 0 aliphatic rings. The lowest BCUT2D eigenvalue weighted by molar-refractivity contribution is 0.669. The van der Waals surface area contributed by atoms with Crippen molar-refractivity contribution in [2.24, 2.45) is 0 Å². The van der Waals surface area contributed by atoms with Gasteiger partial charge in [-0.05, 0) is 107 Å². The lowest BCUT2D eigenvalue weighted by Crippen LogP contribution is -1.80. The molecule has 0 aliphatic carbocycles. The average molecular weight is 745 g/mol. The fourth-order valence-electron chi connectivity index (χ4n) is 8.57. The third-order valence-electron chi connectivity index (χ3n) is 11.1. The molecule has 13 aromatic rings. The largest absolute Gasteiger partial charge is 0.456 e. The van der Waals surface area contributed by atoms with Gasteiger partial charge in [0.25, 0.3) is 0 Å². The minimum atomic E-state index is 0.917. The third kappa shape index (κ3) is 4.11. The van der Waals surface area contributed by atoms with E-state index in [1.807, 2.05) is 45.3 Å². The lowest BCUT2D eigenvalue weighted by Gasteiger charge is -2.05. The Labute approximate surface area is 318 Å². The fourth-order valence-corrected chi connectivity index (χ4v) is 13.1. The second kappa shape index (κ2) is 10.5.